The van der Waals surface area contributed by atoms with Crippen molar-refractivity contribution in [1.29, 1.82) is 0 Å². The first-order valence-corrected chi connectivity index (χ1v) is 5.85. The minimum atomic E-state index is 0.554. The molecule has 3 heteroatoms. The van der Waals surface area contributed by atoms with E-state index in [0.717, 1.165) is 19.1 Å². The third kappa shape index (κ3) is 3.33. The Morgan fingerprint density at radius 1 is 1.67 bits per heavy atom. The van der Waals surface area contributed by atoms with Crippen molar-refractivity contribution in [2.75, 3.05) is 25.2 Å². The highest BCUT2D eigenvalue weighted by atomic mass is 32.2. The fourth-order valence-electron chi connectivity index (χ4n) is 1.48. The second kappa shape index (κ2) is 5.84. The molecular formula is C9H19NOS. The summed E-state index contributed by atoms with van der Waals surface area (Å²) in [6, 6.07) is 1.29. The summed E-state index contributed by atoms with van der Waals surface area (Å²) in [5.41, 5.74) is 0. The van der Waals surface area contributed by atoms with Gasteiger partial charge >= 0.3 is 0 Å². The van der Waals surface area contributed by atoms with Crippen LogP contribution >= 0.6 is 11.8 Å². The number of hydrogen-bond donors (Lipinski definition) is 1. The molecule has 0 spiro atoms. The summed E-state index contributed by atoms with van der Waals surface area (Å²) in [6.45, 7) is 3.05. The van der Waals surface area contributed by atoms with Crippen LogP contribution in [-0.2, 0) is 4.74 Å². The van der Waals surface area contributed by atoms with Gasteiger partial charge in [0.1, 0.15) is 0 Å². The molecule has 0 radical (unpaired) electrons. The van der Waals surface area contributed by atoms with E-state index in [0.29, 0.717) is 6.04 Å². The summed E-state index contributed by atoms with van der Waals surface area (Å²) in [6.07, 6.45) is 2.49. The molecule has 2 nitrogen and oxygen atoms in total. The number of methoxy groups -OCH3 is 1. The maximum Gasteiger partial charge on any atom is 0.0615 e. The van der Waals surface area contributed by atoms with Crippen LogP contribution in [0, 0.1) is 0 Å². The Bertz CT molecular complexity index is 115. The van der Waals surface area contributed by atoms with Gasteiger partial charge in [-0.3, -0.25) is 0 Å². The fourth-order valence-corrected chi connectivity index (χ4v) is 2.65. The average molecular weight is 189 g/mol. The van der Waals surface area contributed by atoms with Gasteiger partial charge in [0.25, 0.3) is 0 Å². The van der Waals surface area contributed by atoms with E-state index in [1.165, 1.54) is 17.9 Å². The zero-order valence-electron chi connectivity index (χ0n) is 8.01. The van der Waals surface area contributed by atoms with Crippen LogP contribution in [0.5, 0.6) is 0 Å². The molecule has 1 aliphatic rings. The molecule has 1 aliphatic heterocycles. The molecule has 0 aromatic carbocycles. The molecule has 0 aromatic rings. The minimum Gasteiger partial charge on any atom is -0.383 e. The zero-order chi connectivity index (χ0) is 8.81. The maximum atomic E-state index is 5.14. The molecule has 1 saturated heterocycles. The highest BCUT2D eigenvalue weighted by molar-refractivity contribution is 7.99. The smallest absolute Gasteiger partial charge is 0.0615 e. The lowest BCUT2D eigenvalue weighted by Crippen LogP contribution is -2.40. The van der Waals surface area contributed by atoms with Crippen molar-refractivity contribution in [3.63, 3.8) is 0 Å². The van der Waals surface area contributed by atoms with Crippen LogP contribution in [0.4, 0.5) is 0 Å². The first-order chi connectivity index (χ1) is 5.86. The second-order valence-corrected chi connectivity index (χ2v) is 4.44. The fraction of sp³-hybridized carbons (Fsp3) is 1.00. The summed E-state index contributed by atoms with van der Waals surface area (Å²) in [5, 5.41) is 3.62. The van der Waals surface area contributed by atoms with Crippen molar-refractivity contribution >= 4 is 11.8 Å². The molecule has 12 heavy (non-hydrogen) atoms. The predicted molar refractivity (Wildman–Crippen MR) is 54.8 cm³/mol. The summed E-state index contributed by atoms with van der Waals surface area (Å²) in [4.78, 5) is 0. The minimum absolute atomic E-state index is 0.554. The summed E-state index contributed by atoms with van der Waals surface area (Å²) >= 11 is 2.05. The second-order valence-electron chi connectivity index (χ2n) is 3.29. The molecule has 1 fully saturated rings. The SMILES string of the molecule is CC[C@@H](COC)N[C@H]1CCSC1. The number of ether oxygens (including phenoxy) is 1. The Morgan fingerprint density at radius 3 is 3.00 bits per heavy atom. The Kier molecular flexibility index (Phi) is 5.04. The Hall–Kier alpha value is 0.270. The molecule has 72 valence electrons. The number of thioether (sulfide) groups is 1. The van der Waals surface area contributed by atoms with Crippen molar-refractivity contribution in [3.8, 4) is 0 Å². The monoisotopic (exact) mass is 189 g/mol. The quantitative estimate of drug-likeness (QED) is 0.708. The molecule has 1 N–H and O–H groups in total. The number of rotatable bonds is 5. The third-order valence-electron chi connectivity index (χ3n) is 2.26. The van der Waals surface area contributed by atoms with Crippen molar-refractivity contribution in [2.24, 2.45) is 0 Å². The molecule has 2 atom stereocenters. The molecule has 0 bridgehead atoms. The van der Waals surface area contributed by atoms with Crippen LogP contribution in [-0.4, -0.2) is 37.3 Å². The molecule has 0 amide bonds. The third-order valence-corrected chi connectivity index (χ3v) is 3.42. The van der Waals surface area contributed by atoms with E-state index < -0.39 is 0 Å². The first kappa shape index (κ1) is 10.4. The van der Waals surface area contributed by atoms with Gasteiger partial charge in [-0.25, -0.2) is 0 Å². The Labute approximate surface area is 79.4 Å². The van der Waals surface area contributed by atoms with Gasteiger partial charge in [0, 0.05) is 24.9 Å². The van der Waals surface area contributed by atoms with Crippen LogP contribution in [0.25, 0.3) is 0 Å². The van der Waals surface area contributed by atoms with E-state index >= 15 is 0 Å². The average Bonchev–Trinajstić information content (AvgIpc) is 2.56. The van der Waals surface area contributed by atoms with Crippen molar-refractivity contribution in [1.82, 2.24) is 5.32 Å². The van der Waals surface area contributed by atoms with Gasteiger partial charge in [0.2, 0.25) is 0 Å². The Balaban J connectivity index is 2.16. The van der Waals surface area contributed by atoms with Gasteiger partial charge in [0.15, 0.2) is 0 Å². The summed E-state index contributed by atoms with van der Waals surface area (Å²) < 4.78 is 5.14. The molecule has 0 aromatic heterocycles. The molecular weight excluding hydrogens is 170 g/mol. The van der Waals surface area contributed by atoms with Crippen LogP contribution in [0.1, 0.15) is 19.8 Å². The van der Waals surface area contributed by atoms with Gasteiger partial charge in [-0.05, 0) is 18.6 Å². The maximum absolute atomic E-state index is 5.14. The largest absolute Gasteiger partial charge is 0.383 e. The van der Waals surface area contributed by atoms with Gasteiger partial charge < -0.3 is 10.1 Å². The van der Waals surface area contributed by atoms with E-state index in [1.54, 1.807) is 7.11 Å². The van der Waals surface area contributed by atoms with Crippen LogP contribution in [0.15, 0.2) is 0 Å². The zero-order valence-corrected chi connectivity index (χ0v) is 8.82. The van der Waals surface area contributed by atoms with Crippen LogP contribution in [0.2, 0.25) is 0 Å². The van der Waals surface area contributed by atoms with Crippen molar-refractivity contribution in [3.05, 3.63) is 0 Å². The van der Waals surface area contributed by atoms with Gasteiger partial charge in [-0.2, -0.15) is 11.8 Å². The van der Waals surface area contributed by atoms with Crippen LogP contribution < -0.4 is 5.32 Å². The Morgan fingerprint density at radius 2 is 2.50 bits per heavy atom. The van der Waals surface area contributed by atoms with Crippen molar-refractivity contribution in [2.45, 2.75) is 31.8 Å². The molecule has 1 heterocycles. The molecule has 1 rings (SSSR count). The first-order valence-electron chi connectivity index (χ1n) is 4.69. The standard InChI is InChI=1S/C9H19NOS/c1-3-8(6-11-2)10-9-4-5-12-7-9/h8-10H,3-7H2,1-2H3/t8-,9-/m0/s1. The topological polar surface area (TPSA) is 21.3 Å². The van der Waals surface area contributed by atoms with Gasteiger partial charge in [-0.15, -0.1) is 0 Å². The van der Waals surface area contributed by atoms with E-state index in [-0.39, 0.29) is 0 Å². The highest BCUT2D eigenvalue weighted by Gasteiger charge is 2.17. The van der Waals surface area contributed by atoms with Crippen molar-refractivity contribution < 1.29 is 4.74 Å². The van der Waals surface area contributed by atoms with E-state index in [4.69, 9.17) is 4.74 Å². The molecule has 0 aliphatic carbocycles. The number of nitrogens with one attached hydrogen (secondary N) is 1. The lowest BCUT2D eigenvalue weighted by molar-refractivity contribution is 0.160. The lowest BCUT2D eigenvalue weighted by Gasteiger charge is -2.20. The molecule has 0 saturated carbocycles. The van der Waals surface area contributed by atoms with E-state index in [2.05, 4.69) is 12.2 Å². The summed E-state index contributed by atoms with van der Waals surface area (Å²) in [7, 11) is 1.77. The lowest BCUT2D eigenvalue weighted by atomic mass is 10.2. The number of hydrogen-bond acceptors (Lipinski definition) is 3. The summed E-state index contributed by atoms with van der Waals surface area (Å²) in [5.74, 6) is 2.60. The normalized spacial score (nSPS) is 26.0. The van der Waals surface area contributed by atoms with Gasteiger partial charge in [0.05, 0.1) is 6.61 Å². The predicted octanol–water partition coefficient (Wildman–Crippen LogP) is 1.51. The highest BCUT2D eigenvalue weighted by Crippen LogP contribution is 2.17. The molecule has 0 unspecified atom stereocenters. The van der Waals surface area contributed by atoms with E-state index in [1.807, 2.05) is 11.8 Å². The van der Waals surface area contributed by atoms with E-state index in [9.17, 15) is 0 Å². The van der Waals surface area contributed by atoms with Gasteiger partial charge in [-0.1, -0.05) is 6.92 Å². The van der Waals surface area contributed by atoms with Crippen LogP contribution in [0.3, 0.4) is 0 Å².